The zero-order valence-corrected chi connectivity index (χ0v) is 13.4. The summed E-state index contributed by atoms with van der Waals surface area (Å²) >= 11 is 1.68. The molecule has 2 aromatic rings. The summed E-state index contributed by atoms with van der Waals surface area (Å²) in [5, 5.41) is 9.78. The first kappa shape index (κ1) is 15.9. The predicted octanol–water partition coefficient (Wildman–Crippen LogP) is 1.82. The van der Waals surface area contributed by atoms with Gasteiger partial charge in [0.2, 0.25) is 0 Å². The van der Waals surface area contributed by atoms with Crippen LogP contribution in [-0.4, -0.2) is 40.8 Å². The Kier molecular flexibility index (Phi) is 4.97. The Morgan fingerprint density at radius 3 is 2.71 bits per heavy atom. The molecule has 1 aromatic heterocycles. The lowest BCUT2D eigenvalue weighted by Crippen LogP contribution is -2.17. The molecule has 0 amide bonds. The standard InChI is InChI=1S/C13H16N4O2S.ClH/c1-18-10-4-3-8(5-11(10)19-2)12-15-16-13-17(12)7-9(6-14)20-13;/h3-5,9H,6-7,14H2,1-2H3;1H. The number of ether oxygens (including phenoxy) is 2. The van der Waals surface area contributed by atoms with E-state index in [1.54, 1.807) is 26.0 Å². The number of benzene rings is 1. The van der Waals surface area contributed by atoms with Crippen LogP contribution in [0.4, 0.5) is 0 Å². The van der Waals surface area contributed by atoms with E-state index in [4.69, 9.17) is 15.2 Å². The summed E-state index contributed by atoms with van der Waals surface area (Å²) in [6, 6.07) is 5.74. The van der Waals surface area contributed by atoms with Crippen LogP contribution in [0.3, 0.4) is 0 Å². The molecule has 0 fully saturated rings. The molecule has 2 heterocycles. The predicted molar refractivity (Wildman–Crippen MR) is 84.5 cm³/mol. The topological polar surface area (TPSA) is 75.2 Å². The molecule has 0 saturated carbocycles. The maximum absolute atomic E-state index is 5.73. The van der Waals surface area contributed by atoms with Gasteiger partial charge in [0.15, 0.2) is 22.5 Å². The molecule has 1 aliphatic heterocycles. The molecule has 0 saturated heterocycles. The second-order valence-electron chi connectivity index (χ2n) is 4.46. The van der Waals surface area contributed by atoms with Crippen LogP contribution in [0.2, 0.25) is 0 Å². The van der Waals surface area contributed by atoms with Crippen molar-refractivity contribution in [1.82, 2.24) is 14.8 Å². The SMILES string of the molecule is COc1ccc(-c2nnc3n2CC(CN)S3)cc1OC.Cl. The number of hydrogen-bond donors (Lipinski definition) is 1. The van der Waals surface area contributed by atoms with Gasteiger partial charge in [-0.05, 0) is 18.2 Å². The first-order valence-corrected chi connectivity index (χ1v) is 7.17. The van der Waals surface area contributed by atoms with Crippen LogP contribution in [0.5, 0.6) is 11.5 Å². The van der Waals surface area contributed by atoms with Gasteiger partial charge >= 0.3 is 0 Å². The van der Waals surface area contributed by atoms with E-state index < -0.39 is 0 Å². The molecule has 3 rings (SSSR count). The van der Waals surface area contributed by atoms with Crippen LogP contribution in [0, 0.1) is 0 Å². The summed E-state index contributed by atoms with van der Waals surface area (Å²) < 4.78 is 12.7. The highest BCUT2D eigenvalue weighted by molar-refractivity contribution is 8.00. The average Bonchev–Trinajstić information content (AvgIpc) is 3.06. The smallest absolute Gasteiger partial charge is 0.191 e. The number of thioether (sulfide) groups is 1. The van der Waals surface area contributed by atoms with Crippen LogP contribution < -0.4 is 15.2 Å². The lowest BCUT2D eigenvalue weighted by Gasteiger charge is -2.10. The maximum atomic E-state index is 5.73. The Balaban J connectivity index is 0.00000161. The van der Waals surface area contributed by atoms with Crippen molar-refractivity contribution in [2.24, 2.45) is 5.73 Å². The van der Waals surface area contributed by atoms with Gasteiger partial charge in [0, 0.05) is 23.9 Å². The summed E-state index contributed by atoms with van der Waals surface area (Å²) in [6.45, 7) is 1.48. The molecule has 1 aromatic carbocycles. The minimum Gasteiger partial charge on any atom is -0.493 e. The van der Waals surface area contributed by atoms with Gasteiger partial charge in [-0.2, -0.15) is 0 Å². The maximum Gasteiger partial charge on any atom is 0.191 e. The van der Waals surface area contributed by atoms with E-state index in [1.807, 2.05) is 18.2 Å². The molecule has 1 unspecified atom stereocenters. The molecule has 8 heteroatoms. The largest absolute Gasteiger partial charge is 0.493 e. The number of methoxy groups -OCH3 is 2. The van der Waals surface area contributed by atoms with Gasteiger partial charge < -0.3 is 19.8 Å². The lowest BCUT2D eigenvalue weighted by molar-refractivity contribution is 0.355. The molecule has 0 radical (unpaired) electrons. The van der Waals surface area contributed by atoms with Crippen molar-refractivity contribution in [3.63, 3.8) is 0 Å². The summed E-state index contributed by atoms with van der Waals surface area (Å²) in [4.78, 5) is 0. The molecule has 0 aliphatic carbocycles. The van der Waals surface area contributed by atoms with E-state index in [-0.39, 0.29) is 12.4 Å². The third-order valence-corrected chi connectivity index (χ3v) is 4.47. The number of halogens is 1. The number of fused-ring (bicyclic) bond motifs is 1. The fourth-order valence-corrected chi connectivity index (χ4v) is 3.24. The van der Waals surface area contributed by atoms with Crippen molar-refractivity contribution in [3.8, 4) is 22.9 Å². The third kappa shape index (κ3) is 2.81. The van der Waals surface area contributed by atoms with Gasteiger partial charge in [0.05, 0.1) is 14.2 Å². The second-order valence-corrected chi connectivity index (χ2v) is 5.73. The molecule has 1 atom stereocenters. The quantitative estimate of drug-likeness (QED) is 0.922. The molecular formula is C13H17ClN4O2S. The molecule has 21 heavy (non-hydrogen) atoms. The lowest BCUT2D eigenvalue weighted by atomic mass is 10.2. The monoisotopic (exact) mass is 328 g/mol. The summed E-state index contributed by atoms with van der Waals surface area (Å²) in [5.74, 6) is 2.22. The number of aromatic nitrogens is 3. The van der Waals surface area contributed by atoms with E-state index in [9.17, 15) is 0 Å². The second kappa shape index (κ2) is 6.55. The summed E-state index contributed by atoms with van der Waals surface area (Å²) in [7, 11) is 3.24. The molecule has 6 nitrogen and oxygen atoms in total. The zero-order valence-electron chi connectivity index (χ0n) is 11.8. The van der Waals surface area contributed by atoms with Gasteiger partial charge in [-0.15, -0.1) is 22.6 Å². The van der Waals surface area contributed by atoms with Gasteiger partial charge in [0.25, 0.3) is 0 Å². The summed E-state index contributed by atoms with van der Waals surface area (Å²) in [5.41, 5.74) is 6.68. The molecule has 0 bridgehead atoms. The van der Waals surface area contributed by atoms with Crippen molar-refractivity contribution in [2.45, 2.75) is 17.0 Å². The van der Waals surface area contributed by atoms with Crippen molar-refractivity contribution in [2.75, 3.05) is 20.8 Å². The molecule has 1 aliphatic rings. The van der Waals surface area contributed by atoms with Crippen LogP contribution in [-0.2, 0) is 6.54 Å². The van der Waals surface area contributed by atoms with Gasteiger partial charge in [-0.1, -0.05) is 11.8 Å². The molecule has 0 spiro atoms. The van der Waals surface area contributed by atoms with Gasteiger partial charge in [-0.25, -0.2) is 0 Å². The normalized spacial score (nSPS) is 16.2. The minimum atomic E-state index is 0. The van der Waals surface area contributed by atoms with Crippen LogP contribution >= 0.6 is 24.2 Å². The molecular weight excluding hydrogens is 312 g/mol. The fraction of sp³-hybridized carbons (Fsp3) is 0.385. The number of nitrogens with zero attached hydrogens (tertiary/aromatic N) is 3. The van der Waals surface area contributed by atoms with Gasteiger partial charge in [0.1, 0.15) is 0 Å². The van der Waals surface area contributed by atoms with Crippen molar-refractivity contribution < 1.29 is 9.47 Å². The third-order valence-electron chi connectivity index (χ3n) is 3.28. The zero-order chi connectivity index (χ0) is 14.1. The van der Waals surface area contributed by atoms with Crippen LogP contribution in [0.1, 0.15) is 0 Å². The van der Waals surface area contributed by atoms with E-state index >= 15 is 0 Å². The molecule has 2 N–H and O–H groups in total. The first-order valence-electron chi connectivity index (χ1n) is 6.29. The Hall–Kier alpha value is -1.44. The van der Waals surface area contributed by atoms with Crippen molar-refractivity contribution in [1.29, 1.82) is 0 Å². The fourth-order valence-electron chi connectivity index (χ4n) is 2.24. The Labute approximate surface area is 133 Å². The van der Waals surface area contributed by atoms with Crippen molar-refractivity contribution >= 4 is 24.2 Å². The average molecular weight is 329 g/mol. The Bertz CT molecular complexity index is 635. The number of nitrogens with two attached hydrogens (primary N) is 1. The van der Waals surface area contributed by atoms with Crippen LogP contribution in [0.15, 0.2) is 23.4 Å². The van der Waals surface area contributed by atoms with E-state index in [1.165, 1.54) is 0 Å². The Morgan fingerprint density at radius 1 is 1.29 bits per heavy atom. The van der Waals surface area contributed by atoms with Crippen molar-refractivity contribution in [3.05, 3.63) is 18.2 Å². The van der Waals surface area contributed by atoms with E-state index in [2.05, 4.69) is 14.8 Å². The molecule has 114 valence electrons. The highest BCUT2D eigenvalue weighted by Crippen LogP contribution is 2.36. The van der Waals surface area contributed by atoms with E-state index in [0.717, 1.165) is 23.1 Å². The minimum absolute atomic E-state index is 0. The van der Waals surface area contributed by atoms with E-state index in [0.29, 0.717) is 23.3 Å². The van der Waals surface area contributed by atoms with Crippen LogP contribution in [0.25, 0.3) is 11.4 Å². The van der Waals surface area contributed by atoms with Gasteiger partial charge in [-0.3, -0.25) is 0 Å². The number of hydrogen-bond acceptors (Lipinski definition) is 6. The first-order chi connectivity index (χ1) is 9.76. The Morgan fingerprint density at radius 2 is 2.05 bits per heavy atom. The summed E-state index contributed by atoms with van der Waals surface area (Å²) in [6.07, 6.45) is 0. The number of rotatable bonds is 4. The highest BCUT2D eigenvalue weighted by Gasteiger charge is 2.26. The highest BCUT2D eigenvalue weighted by atomic mass is 35.5.